The van der Waals surface area contributed by atoms with Gasteiger partial charge in [-0.1, -0.05) is 6.92 Å². The van der Waals surface area contributed by atoms with Gasteiger partial charge in [0.1, 0.15) is 28.7 Å². The zero-order chi connectivity index (χ0) is 24.7. The first-order chi connectivity index (χ1) is 15.3. The molecular formula is C23H24FNO8. The van der Waals surface area contributed by atoms with E-state index in [0.29, 0.717) is 0 Å². The van der Waals surface area contributed by atoms with E-state index in [1.54, 1.807) is 0 Å². The smallest absolute Gasteiger partial charge is 0.209 e. The van der Waals surface area contributed by atoms with Crippen LogP contribution in [0.1, 0.15) is 35.7 Å². The molecule has 0 aromatic heterocycles. The molecule has 0 unspecified atom stereocenters. The largest absolute Gasteiger partial charge is 0.510 e. The predicted octanol–water partition coefficient (Wildman–Crippen LogP) is 0.895. The molecule has 10 heteroatoms. The lowest BCUT2D eigenvalue weighted by atomic mass is 9.55. The average Bonchev–Trinajstić information content (AvgIpc) is 2.72. The Balaban J connectivity index is 2.08. The number of hydrogen-bond donors (Lipinski definition) is 5. The zero-order valence-corrected chi connectivity index (χ0v) is 18.3. The van der Waals surface area contributed by atoms with Crippen LogP contribution in [0.3, 0.4) is 0 Å². The number of phenolic OH excluding ortho intramolecular Hbond substituents is 1. The number of aliphatic hydroxyl groups is 4. The third-order valence-electron chi connectivity index (χ3n) is 7.16. The summed E-state index contributed by atoms with van der Waals surface area (Å²) in [5.74, 6) is -10.2. The highest BCUT2D eigenvalue weighted by Gasteiger charge is 2.67. The Morgan fingerprint density at radius 2 is 1.76 bits per heavy atom. The van der Waals surface area contributed by atoms with Crippen molar-refractivity contribution < 1.29 is 44.3 Å². The van der Waals surface area contributed by atoms with E-state index >= 15 is 0 Å². The van der Waals surface area contributed by atoms with Gasteiger partial charge >= 0.3 is 0 Å². The van der Waals surface area contributed by atoms with Crippen LogP contribution in [0.4, 0.5) is 4.39 Å². The van der Waals surface area contributed by atoms with Crippen molar-refractivity contribution in [3.63, 3.8) is 0 Å². The first-order valence-electron chi connectivity index (χ1n) is 10.3. The molecule has 1 aromatic carbocycles. The minimum Gasteiger partial charge on any atom is -0.510 e. The summed E-state index contributed by atoms with van der Waals surface area (Å²) in [5.41, 5.74) is -4.82. The Bertz CT molecular complexity index is 1190. The van der Waals surface area contributed by atoms with Gasteiger partial charge < -0.3 is 25.5 Å². The van der Waals surface area contributed by atoms with E-state index in [2.05, 4.69) is 0 Å². The highest BCUT2D eigenvalue weighted by Crippen LogP contribution is 2.55. The second kappa shape index (κ2) is 7.21. The van der Waals surface area contributed by atoms with Gasteiger partial charge in [0, 0.05) is 17.1 Å². The molecule has 4 rings (SSSR count). The number of likely N-dealkylation sites (N-methyl/N-ethyl adjacent to an activating group) is 1. The van der Waals surface area contributed by atoms with Crippen molar-refractivity contribution in [1.29, 1.82) is 0 Å². The summed E-state index contributed by atoms with van der Waals surface area (Å²) in [6.07, 6.45) is -1.72. The Labute approximate surface area is 188 Å². The van der Waals surface area contributed by atoms with Crippen LogP contribution in [0.2, 0.25) is 0 Å². The Morgan fingerprint density at radius 1 is 1.15 bits per heavy atom. The van der Waals surface area contributed by atoms with Gasteiger partial charge in [0.15, 0.2) is 17.2 Å². The lowest BCUT2D eigenvalue weighted by Gasteiger charge is -2.53. The number of fused-ring (bicyclic) bond motifs is 3. The number of carbonyl (C=O) groups excluding carboxylic acids is 3. The van der Waals surface area contributed by atoms with E-state index in [-0.39, 0.29) is 5.56 Å². The standard InChI is InChI=1S/C23H24FNO8/c1-7-11-9(24)5-6-10(27)14(11)18(28)15-12(7)19(29)16-17(25(3)4)20(30)13(8(2)26)21(31)23(16,33)22(15)32/h5-7,12,16-17,19,27,29-30,32-33H,1-4H3/t7-,12+,16+,17-,19-,23+/m0/s1/i24-1. The summed E-state index contributed by atoms with van der Waals surface area (Å²) >= 11 is 0. The number of halogens is 1. The van der Waals surface area contributed by atoms with Crippen molar-refractivity contribution >= 4 is 17.3 Å². The molecule has 0 radical (unpaired) electrons. The van der Waals surface area contributed by atoms with Gasteiger partial charge in [-0.3, -0.25) is 19.3 Å². The van der Waals surface area contributed by atoms with Gasteiger partial charge in [0.25, 0.3) is 0 Å². The van der Waals surface area contributed by atoms with E-state index in [4.69, 9.17) is 0 Å². The summed E-state index contributed by atoms with van der Waals surface area (Å²) in [6.45, 7) is 2.47. The first kappa shape index (κ1) is 23.1. The number of ketones is 3. The van der Waals surface area contributed by atoms with E-state index in [1.165, 1.54) is 25.9 Å². The minimum atomic E-state index is -2.91. The molecule has 0 fully saturated rings. The van der Waals surface area contributed by atoms with E-state index in [9.17, 15) is 44.3 Å². The second-order valence-corrected chi connectivity index (χ2v) is 9.10. The number of aromatic hydroxyl groups is 1. The monoisotopic (exact) mass is 460 g/mol. The highest BCUT2D eigenvalue weighted by molar-refractivity contribution is 6.25. The molecule has 0 aliphatic heterocycles. The number of carbonyl (C=O) groups is 3. The number of aliphatic hydroxyl groups excluding tert-OH is 3. The number of benzene rings is 1. The molecule has 5 N–H and O–H groups in total. The fourth-order valence-electron chi connectivity index (χ4n) is 5.75. The summed E-state index contributed by atoms with van der Waals surface area (Å²) in [5, 5.41) is 55.1. The van der Waals surface area contributed by atoms with Crippen LogP contribution < -0.4 is 0 Å². The van der Waals surface area contributed by atoms with Gasteiger partial charge in [0.05, 0.1) is 23.6 Å². The van der Waals surface area contributed by atoms with Crippen molar-refractivity contribution in [2.75, 3.05) is 14.1 Å². The number of phenols is 1. The van der Waals surface area contributed by atoms with Crippen molar-refractivity contribution in [1.82, 2.24) is 4.90 Å². The molecule has 0 saturated carbocycles. The molecule has 0 amide bonds. The Kier molecular flexibility index (Phi) is 5.04. The van der Waals surface area contributed by atoms with Gasteiger partial charge in [0.2, 0.25) is 5.78 Å². The second-order valence-electron chi connectivity index (χ2n) is 9.10. The lowest BCUT2D eigenvalue weighted by Crippen LogP contribution is -2.68. The van der Waals surface area contributed by atoms with Crippen LogP contribution in [0.15, 0.2) is 34.8 Å². The Hall–Kier alpha value is -3.08. The van der Waals surface area contributed by atoms with Crippen LogP contribution >= 0.6 is 0 Å². The van der Waals surface area contributed by atoms with Gasteiger partial charge in [-0.2, -0.15) is 0 Å². The summed E-state index contributed by atoms with van der Waals surface area (Å²) in [4.78, 5) is 40.1. The van der Waals surface area contributed by atoms with Crippen LogP contribution in [0.5, 0.6) is 5.75 Å². The van der Waals surface area contributed by atoms with E-state index in [0.717, 1.165) is 19.1 Å². The molecule has 3 aliphatic rings. The van der Waals surface area contributed by atoms with Crippen molar-refractivity contribution in [2.45, 2.75) is 37.5 Å². The third-order valence-corrected chi connectivity index (χ3v) is 7.16. The fraction of sp³-hybridized carbons (Fsp3) is 0.435. The normalized spacial score (nSPS) is 33.8. The molecule has 9 nitrogen and oxygen atoms in total. The molecule has 0 saturated heterocycles. The van der Waals surface area contributed by atoms with E-state index < -0.39 is 92.6 Å². The van der Waals surface area contributed by atoms with Crippen LogP contribution in [0.25, 0.3) is 0 Å². The zero-order valence-electron chi connectivity index (χ0n) is 18.3. The Morgan fingerprint density at radius 3 is 2.30 bits per heavy atom. The number of rotatable bonds is 2. The highest BCUT2D eigenvalue weighted by atomic mass is 18.2. The molecule has 0 heterocycles. The SMILES string of the molecule is CC(=O)C1=C(O)[C@@H](N(C)C)[C@@H]2[C@@H](O)[C@H]3C(=C(O)[C@]2(O)C1=O)C(=O)c1c(O)ccc([18F])c1[C@@H]3C. The molecule has 0 bridgehead atoms. The summed E-state index contributed by atoms with van der Waals surface area (Å²) in [6, 6.07) is 0.650. The predicted molar refractivity (Wildman–Crippen MR) is 111 cm³/mol. The quantitative estimate of drug-likeness (QED) is 0.405. The van der Waals surface area contributed by atoms with Gasteiger partial charge in [-0.15, -0.1) is 0 Å². The third kappa shape index (κ3) is 2.71. The molecule has 1 aromatic rings. The number of hydrogen-bond acceptors (Lipinski definition) is 9. The van der Waals surface area contributed by atoms with Crippen molar-refractivity contribution in [3.8, 4) is 5.75 Å². The number of nitrogens with zero attached hydrogens (tertiary/aromatic N) is 1. The first-order valence-corrected chi connectivity index (χ1v) is 10.3. The van der Waals surface area contributed by atoms with Crippen molar-refractivity contribution in [2.24, 2.45) is 11.8 Å². The molecular weight excluding hydrogens is 436 g/mol. The summed E-state index contributed by atoms with van der Waals surface area (Å²) < 4.78 is 14.7. The molecule has 176 valence electrons. The van der Waals surface area contributed by atoms with E-state index in [1.807, 2.05) is 0 Å². The summed E-state index contributed by atoms with van der Waals surface area (Å²) in [7, 11) is 2.95. The van der Waals surface area contributed by atoms with Crippen molar-refractivity contribution in [3.05, 3.63) is 51.7 Å². The molecule has 3 aliphatic carbocycles. The average molecular weight is 460 g/mol. The van der Waals surface area contributed by atoms with Crippen LogP contribution in [0, 0.1) is 17.7 Å². The van der Waals surface area contributed by atoms with Crippen LogP contribution in [-0.2, 0) is 9.59 Å². The fourth-order valence-corrected chi connectivity index (χ4v) is 5.75. The lowest BCUT2D eigenvalue weighted by molar-refractivity contribution is -0.162. The topological polar surface area (TPSA) is 156 Å². The maximum atomic E-state index is 14.7. The molecule has 6 atom stereocenters. The van der Waals surface area contributed by atoms with Crippen LogP contribution in [-0.4, -0.2) is 79.6 Å². The maximum Gasteiger partial charge on any atom is 0.209 e. The molecule has 0 spiro atoms. The maximum absolute atomic E-state index is 14.7. The number of Topliss-reactive ketones (excluding diaryl/α,β-unsaturated/α-hetero) is 3. The van der Waals surface area contributed by atoms with Gasteiger partial charge in [-0.05, 0) is 39.1 Å². The van der Waals surface area contributed by atoms with Gasteiger partial charge in [-0.25, -0.2) is 4.39 Å². The minimum absolute atomic E-state index is 0.168. The molecule has 33 heavy (non-hydrogen) atoms.